The average molecular weight is 563 g/mol. The fourth-order valence-electron chi connectivity index (χ4n) is 4.53. The van der Waals surface area contributed by atoms with Gasteiger partial charge in [-0.2, -0.15) is 0 Å². The molecule has 0 saturated heterocycles. The van der Waals surface area contributed by atoms with Gasteiger partial charge in [-0.15, -0.1) is 11.3 Å². The lowest BCUT2D eigenvalue weighted by Gasteiger charge is -2.34. The highest BCUT2D eigenvalue weighted by atomic mass is 35.5. The summed E-state index contributed by atoms with van der Waals surface area (Å²) in [7, 11) is 3.09. The lowest BCUT2D eigenvalue weighted by molar-refractivity contribution is 0.0618. The molecule has 4 nitrogen and oxygen atoms in total. The Morgan fingerprint density at radius 3 is 2.37 bits per heavy atom. The van der Waals surface area contributed by atoms with Gasteiger partial charge in [0.25, 0.3) is 5.91 Å². The first-order chi connectivity index (χ1) is 18.3. The predicted molar refractivity (Wildman–Crippen MR) is 157 cm³/mol. The number of rotatable bonds is 7. The van der Waals surface area contributed by atoms with Crippen LogP contribution in [0.5, 0.6) is 5.75 Å². The Morgan fingerprint density at radius 1 is 1.16 bits per heavy atom. The quantitative estimate of drug-likeness (QED) is 0.293. The summed E-state index contributed by atoms with van der Waals surface area (Å²) < 4.78 is 34.5. The van der Waals surface area contributed by atoms with Crippen molar-refractivity contribution in [3.63, 3.8) is 0 Å². The van der Waals surface area contributed by atoms with E-state index < -0.39 is 11.6 Å². The second-order valence-corrected chi connectivity index (χ2v) is 9.86. The predicted octanol–water partition coefficient (Wildman–Crippen LogP) is 8.62. The molecule has 8 heteroatoms. The summed E-state index contributed by atoms with van der Waals surface area (Å²) in [6.07, 6.45) is 6.55. The van der Waals surface area contributed by atoms with E-state index in [2.05, 4.69) is 18.9 Å². The first kappa shape index (κ1) is 31.5. The van der Waals surface area contributed by atoms with Crippen LogP contribution in [0.3, 0.4) is 0 Å². The Labute approximate surface area is 233 Å². The third-order valence-corrected chi connectivity index (χ3v) is 8.07. The van der Waals surface area contributed by atoms with E-state index in [-0.39, 0.29) is 38.5 Å². The molecule has 0 bridgehead atoms. The molecule has 4 rings (SSSR count). The summed E-state index contributed by atoms with van der Waals surface area (Å²) in [4.78, 5) is 15.8. The highest BCUT2D eigenvalue weighted by Gasteiger charge is 2.31. The van der Waals surface area contributed by atoms with E-state index in [1.165, 1.54) is 7.05 Å². The number of hydrogen-bond acceptors (Lipinski definition) is 4. The maximum atomic E-state index is 14.5. The molecule has 0 spiro atoms. The van der Waals surface area contributed by atoms with E-state index >= 15 is 0 Å². The van der Waals surface area contributed by atoms with Crippen LogP contribution in [-0.2, 0) is 6.54 Å². The number of hydrogen-bond donors (Lipinski definition) is 1. The monoisotopic (exact) mass is 562 g/mol. The molecule has 0 aliphatic heterocycles. The van der Waals surface area contributed by atoms with Crippen LogP contribution < -0.4 is 10.5 Å². The summed E-state index contributed by atoms with van der Waals surface area (Å²) in [6, 6.07) is 7.77. The Balaban J connectivity index is 0.00000121. The van der Waals surface area contributed by atoms with Crippen LogP contribution in [0, 0.1) is 11.6 Å². The molecule has 1 saturated carbocycles. The number of carbonyl (C=O) groups is 1. The molecule has 206 valence electrons. The molecule has 1 heterocycles. The van der Waals surface area contributed by atoms with Crippen LogP contribution in [0.1, 0.15) is 66.8 Å². The lowest BCUT2D eigenvalue weighted by atomic mass is 9.93. The van der Waals surface area contributed by atoms with E-state index in [1.54, 1.807) is 18.1 Å². The van der Waals surface area contributed by atoms with Crippen LogP contribution >= 0.6 is 22.9 Å². The highest BCUT2D eigenvalue weighted by Crippen LogP contribution is 2.40. The van der Waals surface area contributed by atoms with Crippen molar-refractivity contribution in [2.75, 3.05) is 14.2 Å². The molecule has 1 aliphatic rings. The van der Waals surface area contributed by atoms with Gasteiger partial charge in [-0.1, -0.05) is 70.0 Å². The number of methoxy groups -OCH3 is 1. The van der Waals surface area contributed by atoms with Crippen molar-refractivity contribution in [2.45, 2.75) is 58.5 Å². The summed E-state index contributed by atoms with van der Waals surface area (Å²) in [5.41, 5.74) is 6.96. The molecular formula is C30H37ClF2N2O2S. The van der Waals surface area contributed by atoms with E-state index in [9.17, 15) is 13.6 Å². The van der Waals surface area contributed by atoms with Gasteiger partial charge in [0, 0.05) is 18.2 Å². The summed E-state index contributed by atoms with van der Waals surface area (Å²) in [6.45, 7) is 12.1. The van der Waals surface area contributed by atoms with E-state index in [1.807, 2.05) is 32.0 Å². The average Bonchev–Trinajstić information content (AvgIpc) is 3.33. The number of nitrogens with zero attached hydrogens (tertiary/aromatic N) is 1. The van der Waals surface area contributed by atoms with E-state index in [4.69, 9.17) is 16.3 Å². The first-order valence-electron chi connectivity index (χ1n) is 12.8. The fourth-order valence-corrected chi connectivity index (χ4v) is 6.03. The van der Waals surface area contributed by atoms with Crippen LogP contribution in [0.25, 0.3) is 15.7 Å². The van der Waals surface area contributed by atoms with Crippen molar-refractivity contribution >= 4 is 44.5 Å². The normalized spacial score (nSPS) is 13.1. The Morgan fingerprint density at radius 2 is 1.79 bits per heavy atom. The van der Waals surface area contributed by atoms with E-state index in [0.29, 0.717) is 5.75 Å². The zero-order chi connectivity index (χ0) is 28.4. The SMILES string of the molecule is C=CC(=C)c1ccc(OC)c(CN(C(=O)c2sc3c(F)ccc(F)c3c2Cl)C2CCCCC2)c1.CC.CN. The molecule has 0 radical (unpaired) electrons. The zero-order valence-electron chi connectivity index (χ0n) is 22.6. The third kappa shape index (κ3) is 6.82. The van der Waals surface area contributed by atoms with Gasteiger partial charge in [0.05, 0.1) is 22.2 Å². The topological polar surface area (TPSA) is 55.6 Å². The van der Waals surface area contributed by atoms with Crippen molar-refractivity contribution in [3.05, 3.63) is 82.2 Å². The minimum Gasteiger partial charge on any atom is -0.496 e. The number of benzene rings is 2. The van der Waals surface area contributed by atoms with Crippen molar-refractivity contribution in [1.29, 1.82) is 0 Å². The molecule has 1 fully saturated rings. The third-order valence-electron chi connectivity index (χ3n) is 6.39. The second-order valence-electron chi connectivity index (χ2n) is 8.46. The van der Waals surface area contributed by atoms with Crippen molar-refractivity contribution in [3.8, 4) is 5.75 Å². The van der Waals surface area contributed by atoms with Crippen LogP contribution in [0.2, 0.25) is 5.02 Å². The number of amides is 1. The van der Waals surface area contributed by atoms with Crippen LogP contribution in [0.4, 0.5) is 8.78 Å². The fraction of sp³-hybridized carbons (Fsp3) is 0.367. The van der Waals surface area contributed by atoms with Gasteiger partial charge in [-0.05, 0) is 55.3 Å². The number of thiophene rings is 1. The highest BCUT2D eigenvalue weighted by molar-refractivity contribution is 7.21. The van der Waals surface area contributed by atoms with Crippen LogP contribution in [0.15, 0.2) is 49.6 Å². The summed E-state index contributed by atoms with van der Waals surface area (Å²) in [5, 5.41) is -0.0796. The summed E-state index contributed by atoms with van der Waals surface area (Å²) in [5.74, 6) is -0.914. The van der Waals surface area contributed by atoms with Gasteiger partial charge in [-0.25, -0.2) is 8.78 Å². The molecule has 3 aromatic rings. The van der Waals surface area contributed by atoms with Gasteiger partial charge in [0.2, 0.25) is 0 Å². The molecule has 1 aromatic heterocycles. The molecule has 1 amide bonds. The van der Waals surface area contributed by atoms with Crippen LogP contribution in [-0.4, -0.2) is 31.0 Å². The molecule has 38 heavy (non-hydrogen) atoms. The number of nitrogens with two attached hydrogens (primary N) is 1. The van der Waals surface area contributed by atoms with Crippen molar-refractivity contribution in [2.24, 2.45) is 5.73 Å². The number of allylic oxidation sites excluding steroid dienone is 2. The van der Waals surface area contributed by atoms with Gasteiger partial charge in [0.1, 0.15) is 22.3 Å². The minimum absolute atomic E-state index is 0.00630. The van der Waals surface area contributed by atoms with Crippen molar-refractivity contribution in [1.82, 2.24) is 4.90 Å². The Kier molecular flexibility index (Phi) is 12.4. The second kappa shape index (κ2) is 15.0. The Bertz CT molecular complexity index is 1270. The molecule has 0 atom stereocenters. The van der Waals surface area contributed by atoms with Gasteiger partial charge in [0.15, 0.2) is 0 Å². The van der Waals surface area contributed by atoms with Gasteiger partial charge in [-0.3, -0.25) is 4.79 Å². The van der Waals surface area contributed by atoms with Gasteiger partial charge < -0.3 is 15.4 Å². The zero-order valence-corrected chi connectivity index (χ0v) is 24.2. The van der Waals surface area contributed by atoms with Gasteiger partial charge >= 0.3 is 0 Å². The maximum Gasteiger partial charge on any atom is 0.266 e. The number of halogens is 3. The molecular weight excluding hydrogens is 526 g/mol. The number of carbonyl (C=O) groups excluding carboxylic acids is 1. The largest absolute Gasteiger partial charge is 0.496 e. The van der Waals surface area contributed by atoms with E-state index in [0.717, 1.165) is 72.3 Å². The molecule has 0 unspecified atom stereocenters. The maximum absolute atomic E-state index is 14.5. The summed E-state index contributed by atoms with van der Waals surface area (Å²) >= 11 is 7.37. The number of fused-ring (bicyclic) bond motifs is 1. The smallest absolute Gasteiger partial charge is 0.266 e. The lowest BCUT2D eigenvalue weighted by Crippen LogP contribution is -2.40. The molecule has 1 aliphatic carbocycles. The molecule has 2 N–H and O–H groups in total. The number of ether oxygens (including phenoxy) is 1. The molecule has 2 aromatic carbocycles. The Hall–Kier alpha value is -2.74. The minimum atomic E-state index is -0.641. The standard InChI is InChI=1S/C27H26ClF2NO2S.C2H6.CH5N/c1-4-16(2)17-10-13-22(33-3)18(14-17)15-31(19-8-6-5-7-9-19)27(32)26-24(28)23-20(29)11-12-21(30)25(23)34-26;2*1-2/h4,10-14,19H,1-2,5-9,15H2,3H3;1-2H3;2H2,1H3. The first-order valence-corrected chi connectivity index (χ1v) is 14.0. The van der Waals surface area contributed by atoms with Crippen molar-refractivity contribution < 1.29 is 18.3 Å².